The molecule has 1 heterocycles. The molecule has 0 bridgehead atoms. The Kier molecular flexibility index (Phi) is 3.06. The number of methoxy groups -OCH3 is 1. The molecular formula is C13H19NO2. The Bertz CT molecular complexity index is 378. The van der Waals surface area contributed by atoms with E-state index >= 15 is 0 Å². The Labute approximate surface area is 96.5 Å². The molecule has 1 aliphatic heterocycles. The van der Waals surface area contributed by atoms with Crippen LogP contribution in [0.25, 0.3) is 0 Å². The van der Waals surface area contributed by atoms with Crippen LogP contribution >= 0.6 is 0 Å². The van der Waals surface area contributed by atoms with Crippen molar-refractivity contribution in [1.29, 1.82) is 0 Å². The first kappa shape index (κ1) is 11.3. The fourth-order valence-corrected chi connectivity index (χ4v) is 2.28. The van der Waals surface area contributed by atoms with Gasteiger partial charge in [-0.05, 0) is 18.9 Å². The molecule has 1 unspecified atom stereocenters. The summed E-state index contributed by atoms with van der Waals surface area (Å²) in [5.41, 5.74) is 7.09. The molecule has 2 N–H and O–H groups in total. The van der Waals surface area contributed by atoms with E-state index in [1.807, 2.05) is 12.1 Å². The number of ether oxygens (including phenoxy) is 2. The third-order valence-electron chi connectivity index (χ3n) is 3.42. The van der Waals surface area contributed by atoms with Crippen LogP contribution < -0.4 is 15.2 Å². The summed E-state index contributed by atoms with van der Waals surface area (Å²) in [6.07, 6.45) is 2.09. The molecule has 0 saturated heterocycles. The highest BCUT2D eigenvalue weighted by atomic mass is 16.5. The number of nitrogens with two attached hydrogens (primary N) is 1. The van der Waals surface area contributed by atoms with Crippen LogP contribution in [0.3, 0.4) is 0 Å². The first-order valence-electron chi connectivity index (χ1n) is 5.71. The van der Waals surface area contributed by atoms with Gasteiger partial charge in [0.1, 0.15) is 0 Å². The molecule has 0 radical (unpaired) electrons. The number of hydrogen-bond donors (Lipinski definition) is 1. The topological polar surface area (TPSA) is 44.5 Å². The van der Waals surface area contributed by atoms with Crippen LogP contribution in [-0.4, -0.2) is 20.3 Å². The van der Waals surface area contributed by atoms with Crippen LogP contribution in [0.2, 0.25) is 0 Å². The van der Waals surface area contributed by atoms with Gasteiger partial charge in [0.25, 0.3) is 0 Å². The van der Waals surface area contributed by atoms with Crippen LogP contribution in [0, 0.1) is 0 Å². The number of hydrogen-bond acceptors (Lipinski definition) is 3. The summed E-state index contributed by atoms with van der Waals surface area (Å²) in [5, 5.41) is 0. The van der Waals surface area contributed by atoms with E-state index in [2.05, 4.69) is 13.0 Å². The Morgan fingerprint density at radius 3 is 3.00 bits per heavy atom. The van der Waals surface area contributed by atoms with Crippen LogP contribution in [-0.2, 0) is 5.41 Å². The summed E-state index contributed by atoms with van der Waals surface area (Å²) in [4.78, 5) is 0. The molecule has 0 aromatic heterocycles. The minimum absolute atomic E-state index is 0.000370. The summed E-state index contributed by atoms with van der Waals surface area (Å²) in [5.74, 6) is 1.68. The van der Waals surface area contributed by atoms with Gasteiger partial charge in [-0.15, -0.1) is 0 Å². The molecule has 0 fully saturated rings. The third kappa shape index (κ3) is 1.76. The van der Waals surface area contributed by atoms with Crippen LogP contribution in [0.5, 0.6) is 11.5 Å². The van der Waals surface area contributed by atoms with Crippen molar-refractivity contribution >= 4 is 0 Å². The third-order valence-corrected chi connectivity index (χ3v) is 3.42. The van der Waals surface area contributed by atoms with E-state index in [1.165, 1.54) is 5.56 Å². The average molecular weight is 221 g/mol. The zero-order valence-electron chi connectivity index (χ0n) is 9.95. The maximum atomic E-state index is 5.92. The zero-order chi connectivity index (χ0) is 11.6. The van der Waals surface area contributed by atoms with Crippen molar-refractivity contribution in [2.45, 2.75) is 25.2 Å². The molecule has 1 aliphatic rings. The molecule has 0 amide bonds. The minimum atomic E-state index is 0.000370. The fraction of sp³-hybridized carbons (Fsp3) is 0.538. The molecule has 1 aromatic carbocycles. The SMILES string of the molecule is COc1cccc2c1OCCCC2(C)CN. The van der Waals surface area contributed by atoms with Crippen molar-refractivity contribution in [3.63, 3.8) is 0 Å². The van der Waals surface area contributed by atoms with Gasteiger partial charge in [0, 0.05) is 17.5 Å². The van der Waals surface area contributed by atoms with Crippen molar-refractivity contribution in [3.8, 4) is 11.5 Å². The standard InChI is InChI=1S/C13H19NO2/c1-13(9-14)7-4-8-16-12-10(13)5-3-6-11(12)15-2/h3,5-6H,4,7-9,14H2,1-2H3. The lowest BCUT2D eigenvalue weighted by Crippen LogP contribution is -2.31. The predicted octanol–water partition coefficient (Wildman–Crippen LogP) is 2.08. The smallest absolute Gasteiger partial charge is 0.164 e. The van der Waals surface area contributed by atoms with Gasteiger partial charge in [0.2, 0.25) is 0 Å². The van der Waals surface area contributed by atoms with E-state index in [0.29, 0.717) is 6.54 Å². The minimum Gasteiger partial charge on any atom is -0.493 e. The van der Waals surface area contributed by atoms with Crippen molar-refractivity contribution in [1.82, 2.24) is 0 Å². The quantitative estimate of drug-likeness (QED) is 0.831. The van der Waals surface area contributed by atoms with Gasteiger partial charge in [-0.3, -0.25) is 0 Å². The fourth-order valence-electron chi connectivity index (χ4n) is 2.28. The number of para-hydroxylation sites is 1. The van der Waals surface area contributed by atoms with Crippen LogP contribution in [0.15, 0.2) is 18.2 Å². The Hall–Kier alpha value is -1.22. The highest BCUT2D eigenvalue weighted by Crippen LogP contribution is 2.42. The molecule has 0 aliphatic carbocycles. The molecular weight excluding hydrogens is 202 g/mol. The second-order valence-corrected chi connectivity index (χ2v) is 4.55. The lowest BCUT2D eigenvalue weighted by Gasteiger charge is -2.28. The summed E-state index contributed by atoms with van der Waals surface area (Å²) in [7, 11) is 1.67. The van der Waals surface area contributed by atoms with E-state index in [0.717, 1.165) is 30.9 Å². The average Bonchev–Trinajstić information content (AvgIpc) is 2.50. The molecule has 16 heavy (non-hydrogen) atoms. The molecule has 1 aromatic rings. The van der Waals surface area contributed by atoms with Crippen molar-refractivity contribution in [3.05, 3.63) is 23.8 Å². The highest BCUT2D eigenvalue weighted by molar-refractivity contribution is 5.50. The molecule has 1 atom stereocenters. The Morgan fingerprint density at radius 2 is 2.31 bits per heavy atom. The highest BCUT2D eigenvalue weighted by Gasteiger charge is 2.31. The Balaban J connectivity index is 2.54. The summed E-state index contributed by atoms with van der Waals surface area (Å²) in [6, 6.07) is 6.03. The molecule has 0 saturated carbocycles. The molecule has 3 nitrogen and oxygen atoms in total. The number of rotatable bonds is 2. The van der Waals surface area contributed by atoms with Crippen molar-refractivity contribution < 1.29 is 9.47 Å². The molecule has 0 spiro atoms. The molecule has 88 valence electrons. The maximum absolute atomic E-state index is 5.92. The van der Waals surface area contributed by atoms with Gasteiger partial charge in [-0.2, -0.15) is 0 Å². The summed E-state index contributed by atoms with van der Waals surface area (Å²) < 4.78 is 11.1. The van der Waals surface area contributed by atoms with E-state index in [9.17, 15) is 0 Å². The van der Waals surface area contributed by atoms with Crippen molar-refractivity contribution in [2.24, 2.45) is 5.73 Å². The van der Waals surface area contributed by atoms with Gasteiger partial charge >= 0.3 is 0 Å². The van der Waals surface area contributed by atoms with Crippen LogP contribution in [0.4, 0.5) is 0 Å². The summed E-state index contributed by atoms with van der Waals surface area (Å²) in [6.45, 7) is 3.57. The first-order chi connectivity index (χ1) is 7.71. The van der Waals surface area contributed by atoms with Crippen LogP contribution in [0.1, 0.15) is 25.3 Å². The number of fused-ring (bicyclic) bond motifs is 1. The zero-order valence-corrected chi connectivity index (χ0v) is 9.95. The number of benzene rings is 1. The van der Waals surface area contributed by atoms with Gasteiger partial charge < -0.3 is 15.2 Å². The maximum Gasteiger partial charge on any atom is 0.164 e. The predicted molar refractivity (Wildman–Crippen MR) is 64.1 cm³/mol. The molecule has 2 rings (SSSR count). The lowest BCUT2D eigenvalue weighted by molar-refractivity contribution is 0.293. The van der Waals surface area contributed by atoms with Crippen molar-refractivity contribution in [2.75, 3.05) is 20.3 Å². The van der Waals surface area contributed by atoms with E-state index in [-0.39, 0.29) is 5.41 Å². The van der Waals surface area contributed by atoms with Gasteiger partial charge in [0.05, 0.1) is 13.7 Å². The monoisotopic (exact) mass is 221 g/mol. The van der Waals surface area contributed by atoms with E-state index in [1.54, 1.807) is 7.11 Å². The first-order valence-corrected chi connectivity index (χ1v) is 5.71. The summed E-state index contributed by atoms with van der Waals surface area (Å²) >= 11 is 0. The van der Waals surface area contributed by atoms with Gasteiger partial charge in [0.15, 0.2) is 11.5 Å². The second kappa shape index (κ2) is 4.34. The Morgan fingerprint density at radius 1 is 1.50 bits per heavy atom. The largest absolute Gasteiger partial charge is 0.493 e. The van der Waals surface area contributed by atoms with E-state index < -0.39 is 0 Å². The van der Waals surface area contributed by atoms with Gasteiger partial charge in [-0.1, -0.05) is 19.1 Å². The lowest BCUT2D eigenvalue weighted by atomic mass is 9.78. The van der Waals surface area contributed by atoms with Gasteiger partial charge in [-0.25, -0.2) is 0 Å². The second-order valence-electron chi connectivity index (χ2n) is 4.55. The van der Waals surface area contributed by atoms with E-state index in [4.69, 9.17) is 15.2 Å². The normalized spacial score (nSPS) is 24.2. The molecule has 3 heteroatoms.